The molecule has 1 aromatic carbocycles. The fourth-order valence-electron chi connectivity index (χ4n) is 4.00. The number of hydrogen-bond acceptors (Lipinski definition) is 6. The Morgan fingerprint density at radius 1 is 1.15 bits per heavy atom. The standard InChI is InChI=1S/C24H26ClN5O3/c1-16-15-29(23(31)20-7-4-8-21(28-20)33-2)11-12-30(16)24(32)22-26-10-9-18(14-27-22)17-5-3-6-19(25)13-17/h3-8,13-14,16H,9-12,15H2,1-2H3,(H,26,27). The second kappa shape index (κ2) is 10.0. The summed E-state index contributed by atoms with van der Waals surface area (Å²) < 4.78 is 5.11. The minimum absolute atomic E-state index is 0.162. The topological polar surface area (TPSA) is 87.1 Å². The van der Waals surface area contributed by atoms with E-state index in [2.05, 4.69) is 15.3 Å². The molecule has 172 valence electrons. The van der Waals surface area contributed by atoms with Gasteiger partial charge >= 0.3 is 0 Å². The Hall–Kier alpha value is -3.39. The number of aliphatic imine (C=N–C) groups is 1. The number of carbonyl (C=O) groups is 2. The number of amidine groups is 1. The van der Waals surface area contributed by atoms with Crippen molar-refractivity contribution in [2.75, 3.05) is 33.3 Å². The molecule has 4 rings (SSSR count). The van der Waals surface area contributed by atoms with Crippen LogP contribution in [0.1, 0.15) is 29.4 Å². The molecule has 1 aromatic heterocycles. The molecule has 0 radical (unpaired) electrons. The number of piperazine rings is 1. The molecule has 1 N–H and O–H groups in total. The van der Waals surface area contributed by atoms with Gasteiger partial charge in [0.1, 0.15) is 5.69 Å². The molecule has 9 heteroatoms. The first-order chi connectivity index (χ1) is 16.0. The molecule has 8 nitrogen and oxygen atoms in total. The van der Waals surface area contributed by atoms with Crippen LogP contribution in [0.25, 0.3) is 5.57 Å². The summed E-state index contributed by atoms with van der Waals surface area (Å²) in [6, 6.07) is 12.6. The number of carbonyl (C=O) groups excluding carboxylic acids is 2. The predicted octanol–water partition coefficient (Wildman–Crippen LogP) is 2.85. The van der Waals surface area contributed by atoms with Gasteiger partial charge in [0.25, 0.3) is 11.8 Å². The number of pyridine rings is 1. The zero-order valence-electron chi connectivity index (χ0n) is 18.6. The van der Waals surface area contributed by atoms with E-state index in [1.807, 2.05) is 37.4 Å². The van der Waals surface area contributed by atoms with Crippen molar-refractivity contribution >= 4 is 34.8 Å². The lowest BCUT2D eigenvalue weighted by Gasteiger charge is -2.39. The Kier molecular flexibility index (Phi) is 6.93. The number of hydrogen-bond donors (Lipinski definition) is 1. The smallest absolute Gasteiger partial charge is 0.289 e. The molecule has 0 saturated carbocycles. The Morgan fingerprint density at radius 2 is 1.97 bits per heavy atom. The van der Waals surface area contributed by atoms with Crippen molar-refractivity contribution < 1.29 is 14.3 Å². The van der Waals surface area contributed by atoms with E-state index >= 15 is 0 Å². The molecule has 2 amide bonds. The molecule has 0 spiro atoms. The van der Waals surface area contributed by atoms with Crippen LogP contribution in [0, 0.1) is 0 Å². The average Bonchev–Trinajstić information content (AvgIpc) is 3.09. The second-order valence-electron chi connectivity index (χ2n) is 7.97. The fraction of sp³-hybridized carbons (Fsp3) is 0.333. The van der Waals surface area contributed by atoms with Crippen LogP contribution in [0.3, 0.4) is 0 Å². The van der Waals surface area contributed by atoms with Crippen LogP contribution in [-0.4, -0.2) is 71.8 Å². The number of rotatable bonds is 4. The number of nitrogens with zero attached hydrogens (tertiary/aromatic N) is 4. The van der Waals surface area contributed by atoms with Gasteiger partial charge in [-0.1, -0.05) is 29.8 Å². The number of nitrogens with one attached hydrogen (secondary N) is 1. The predicted molar refractivity (Wildman–Crippen MR) is 127 cm³/mol. The molecular formula is C24H26ClN5O3. The van der Waals surface area contributed by atoms with Crippen molar-refractivity contribution in [3.63, 3.8) is 0 Å². The Balaban J connectivity index is 1.40. The molecular weight excluding hydrogens is 442 g/mol. The number of methoxy groups -OCH3 is 1. The van der Waals surface area contributed by atoms with E-state index < -0.39 is 0 Å². The van der Waals surface area contributed by atoms with Crippen LogP contribution in [0.15, 0.2) is 53.7 Å². The maximum Gasteiger partial charge on any atom is 0.289 e. The Labute approximate surface area is 197 Å². The third kappa shape index (κ3) is 5.17. The van der Waals surface area contributed by atoms with Crippen molar-refractivity contribution in [3.8, 4) is 5.88 Å². The minimum Gasteiger partial charge on any atom is -0.481 e. The monoisotopic (exact) mass is 467 g/mol. The summed E-state index contributed by atoms with van der Waals surface area (Å²) in [5.41, 5.74) is 2.37. The third-order valence-corrected chi connectivity index (χ3v) is 5.99. The molecule has 1 atom stereocenters. The van der Waals surface area contributed by atoms with Gasteiger partial charge in [0, 0.05) is 49.5 Å². The number of halogens is 1. The lowest BCUT2D eigenvalue weighted by molar-refractivity contribution is -0.128. The zero-order valence-corrected chi connectivity index (χ0v) is 19.4. The van der Waals surface area contributed by atoms with Crippen molar-refractivity contribution in [1.29, 1.82) is 0 Å². The van der Waals surface area contributed by atoms with Gasteiger partial charge in [0.2, 0.25) is 5.88 Å². The van der Waals surface area contributed by atoms with Gasteiger partial charge in [0.15, 0.2) is 5.84 Å². The molecule has 33 heavy (non-hydrogen) atoms. The first-order valence-electron chi connectivity index (χ1n) is 10.8. The number of aromatic nitrogens is 1. The molecule has 2 aliphatic heterocycles. The normalized spacial score (nSPS) is 18.6. The lowest BCUT2D eigenvalue weighted by atomic mass is 10.0. The maximum absolute atomic E-state index is 13.2. The zero-order chi connectivity index (χ0) is 23.4. The Bertz CT molecular complexity index is 1120. The van der Waals surface area contributed by atoms with Gasteiger partial charge in [-0.2, -0.15) is 0 Å². The van der Waals surface area contributed by atoms with Gasteiger partial charge in [-0.05, 0) is 42.7 Å². The molecule has 1 fully saturated rings. The van der Waals surface area contributed by atoms with Crippen LogP contribution >= 0.6 is 11.6 Å². The average molecular weight is 468 g/mol. The van der Waals surface area contributed by atoms with Crippen LogP contribution in [0.2, 0.25) is 5.02 Å². The van der Waals surface area contributed by atoms with Crippen molar-refractivity contribution in [2.45, 2.75) is 19.4 Å². The van der Waals surface area contributed by atoms with Crippen molar-refractivity contribution in [2.24, 2.45) is 4.99 Å². The summed E-state index contributed by atoms with van der Waals surface area (Å²) in [5, 5.41) is 3.76. The molecule has 0 bridgehead atoms. The summed E-state index contributed by atoms with van der Waals surface area (Å²) in [4.78, 5) is 38.3. The van der Waals surface area contributed by atoms with E-state index in [-0.39, 0.29) is 17.9 Å². The highest BCUT2D eigenvalue weighted by Crippen LogP contribution is 2.22. The van der Waals surface area contributed by atoms with Gasteiger partial charge in [-0.15, -0.1) is 0 Å². The molecule has 2 aliphatic rings. The van der Waals surface area contributed by atoms with Gasteiger partial charge in [0.05, 0.1) is 7.11 Å². The van der Waals surface area contributed by atoms with E-state index in [9.17, 15) is 9.59 Å². The van der Waals surface area contributed by atoms with E-state index in [0.717, 1.165) is 11.1 Å². The molecule has 0 aliphatic carbocycles. The largest absolute Gasteiger partial charge is 0.481 e. The van der Waals surface area contributed by atoms with Gasteiger partial charge in [-0.25, -0.2) is 4.98 Å². The van der Waals surface area contributed by atoms with Crippen LogP contribution in [0.5, 0.6) is 5.88 Å². The van der Waals surface area contributed by atoms with Crippen LogP contribution < -0.4 is 10.1 Å². The number of ether oxygens (including phenoxy) is 1. The van der Waals surface area contributed by atoms with E-state index in [1.165, 1.54) is 7.11 Å². The SMILES string of the molecule is COc1cccc(C(=O)N2CCN(C(=O)C3=NCCC(c4cccc(Cl)c4)=CN3)C(C)C2)n1. The maximum atomic E-state index is 13.2. The quantitative estimate of drug-likeness (QED) is 0.747. The second-order valence-corrected chi connectivity index (χ2v) is 8.40. The van der Waals surface area contributed by atoms with Gasteiger partial charge in [-0.3, -0.25) is 14.6 Å². The summed E-state index contributed by atoms with van der Waals surface area (Å²) in [7, 11) is 1.51. The first kappa shape index (κ1) is 22.8. The summed E-state index contributed by atoms with van der Waals surface area (Å²) in [6.45, 7) is 3.69. The summed E-state index contributed by atoms with van der Waals surface area (Å²) in [6.07, 6.45) is 2.53. The molecule has 1 unspecified atom stereocenters. The van der Waals surface area contributed by atoms with E-state index in [1.54, 1.807) is 28.0 Å². The van der Waals surface area contributed by atoms with Crippen molar-refractivity contribution in [3.05, 3.63) is 64.9 Å². The van der Waals surface area contributed by atoms with Gasteiger partial charge < -0.3 is 19.9 Å². The minimum atomic E-state index is -0.174. The van der Waals surface area contributed by atoms with E-state index in [0.29, 0.717) is 55.0 Å². The fourth-order valence-corrected chi connectivity index (χ4v) is 4.19. The number of amides is 2. The molecule has 2 aromatic rings. The van der Waals surface area contributed by atoms with E-state index in [4.69, 9.17) is 16.3 Å². The highest BCUT2D eigenvalue weighted by Gasteiger charge is 2.32. The molecule has 3 heterocycles. The Morgan fingerprint density at radius 3 is 2.73 bits per heavy atom. The van der Waals surface area contributed by atoms with Crippen LogP contribution in [-0.2, 0) is 4.79 Å². The first-order valence-corrected chi connectivity index (χ1v) is 11.2. The molecule has 1 saturated heterocycles. The highest BCUT2D eigenvalue weighted by molar-refractivity contribution is 6.38. The number of benzene rings is 1. The highest BCUT2D eigenvalue weighted by atomic mass is 35.5. The lowest BCUT2D eigenvalue weighted by Crippen LogP contribution is -2.57. The summed E-state index contributed by atoms with van der Waals surface area (Å²) >= 11 is 6.11. The van der Waals surface area contributed by atoms with Crippen LogP contribution in [0.4, 0.5) is 0 Å². The third-order valence-electron chi connectivity index (χ3n) is 5.76. The van der Waals surface area contributed by atoms with Crippen molar-refractivity contribution in [1.82, 2.24) is 20.1 Å². The summed E-state index contributed by atoms with van der Waals surface area (Å²) in [5.74, 6) is 0.364.